The minimum absolute atomic E-state index is 0.0459. The summed E-state index contributed by atoms with van der Waals surface area (Å²) in [6.45, 7) is 4.67. The van der Waals surface area contributed by atoms with E-state index in [1.54, 1.807) is 42.5 Å². The van der Waals surface area contributed by atoms with Crippen molar-refractivity contribution in [2.45, 2.75) is 64.6 Å². The number of benzene rings is 1. The number of allylic oxidation sites excluding steroid dienone is 5. The van der Waals surface area contributed by atoms with Crippen LogP contribution in [0.25, 0.3) is 0 Å². The van der Waals surface area contributed by atoms with Gasteiger partial charge in [-0.3, -0.25) is 14.4 Å². The number of ether oxygens (including phenoxy) is 2. The summed E-state index contributed by atoms with van der Waals surface area (Å²) in [5.41, 5.74) is 0.269. The van der Waals surface area contributed by atoms with Crippen LogP contribution in [-0.4, -0.2) is 46.9 Å². The van der Waals surface area contributed by atoms with Gasteiger partial charge >= 0.3 is 11.9 Å². The van der Waals surface area contributed by atoms with E-state index in [2.05, 4.69) is 0 Å². The van der Waals surface area contributed by atoms with E-state index in [0.717, 1.165) is 16.7 Å². The number of aliphatic hydroxyl groups is 1. The molecule has 0 bridgehead atoms. The van der Waals surface area contributed by atoms with Crippen LogP contribution in [0.2, 0.25) is 0 Å². The molecular weight excluding hydrogens is 472 g/mol. The summed E-state index contributed by atoms with van der Waals surface area (Å²) in [4.78, 5) is 50.7. The van der Waals surface area contributed by atoms with Gasteiger partial charge in [-0.05, 0) is 74.8 Å². The first-order chi connectivity index (χ1) is 17.5. The summed E-state index contributed by atoms with van der Waals surface area (Å²) < 4.78 is 11.2. The standard InChI is InChI=1S/C30H32O7/c1-18(31)36-17-25(34)30(37-27(35)19-7-5-4-6-8-19)14-12-23-22-10-9-20-15-21(32)11-13-28(20,2)26(22)24(33)16-29(23,30)3/h4-8,11,13,15,23-24,33H,9-10,12,14,16-17H2,1-3H3/t23-,24-,28-,29-,30-/m0/s1. The molecule has 0 saturated heterocycles. The predicted octanol–water partition coefficient (Wildman–Crippen LogP) is 4.06. The van der Waals surface area contributed by atoms with Crippen LogP contribution in [0.15, 0.2) is 65.3 Å². The summed E-state index contributed by atoms with van der Waals surface area (Å²) in [5, 5.41) is 11.6. The Labute approximate surface area is 216 Å². The Kier molecular flexibility index (Phi) is 6.10. The lowest BCUT2D eigenvalue weighted by atomic mass is 9.52. The SMILES string of the molecule is CC(=O)OCC(=O)[C@@]1(OC(=O)c2ccccc2)CC[C@H]2C3=C([C@@H](O)C[C@@]21C)[C@@]1(C)C=CC(=O)C=C1CC3. The van der Waals surface area contributed by atoms with Crippen LogP contribution in [0.4, 0.5) is 0 Å². The van der Waals surface area contributed by atoms with Crippen molar-refractivity contribution in [3.8, 4) is 0 Å². The molecule has 0 spiro atoms. The summed E-state index contributed by atoms with van der Waals surface area (Å²) in [6.07, 6.45) is 6.63. The summed E-state index contributed by atoms with van der Waals surface area (Å²) >= 11 is 0. The van der Waals surface area contributed by atoms with Crippen molar-refractivity contribution in [3.63, 3.8) is 0 Å². The van der Waals surface area contributed by atoms with Gasteiger partial charge in [0.05, 0.1) is 11.7 Å². The van der Waals surface area contributed by atoms with E-state index < -0.39 is 46.9 Å². The highest BCUT2D eigenvalue weighted by Gasteiger charge is 2.67. The van der Waals surface area contributed by atoms with Crippen LogP contribution in [-0.2, 0) is 23.9 Å². The number of hydrogen-bond donors (Lipinski definition) is 1. The van der Waals surface area contributed by atoms with Crippen LogP contribution < -0.4 is 0 Å². The van der Waals surface area contributed by atoms with Gasteiger partial charge in [0.15, 0.2) is 18.0 Å². The van der Waals surface area contributed by atoms with Crippen LogP contribution >= 0.6 is 0 Å². The first-order valence-corrected chi connectivity index (χ1v) is 12.8. The van der Waals surface area contributed by atoms with Gasteiger partial charge in [0, 0.05) is 17.8 Å². The monoisotopic (exact) mass is 504 g/mol. The maximum atomic E-state index is 13.8. The van der Waals surface area contributed by atoms with Gasteiger partial charge in [0.2, 0.25) is 5.78 Å². The van der Waals surface area contributed by atoms with Crippen molar-refractivity contribution in [2.75, 3.05) is 6.61 Å². The van der Waals surface area contributed by atoms with Gasteiger partial charge in [-0.25, -0.2) is 4.79 Å². The Morgan fingerprint density at radius 1 is 1.11 bits per heavy atom. The van der Waals surface area contributed by atoms with E-state index in [4.69, 9.17) is 9.47 Å². The Balaban J connectivity index is 1.59. The smallest absolute Gasteiger partial charge is 0.339 e. The predicted molar refractivity (Wildman–Crippen MR) is 134 cm³/mol. The van der Waals surface area contributed by atoms with E-state index in [9.17, 15) is 24.3 Å². The van der Waals surface area contributed by atoms with Gasteiger partial charge in [-0.1, -0.05) is 42.3 Å². The number of aliphatic hydroxyl groups excluding tert-OH is 1. The lowest BCUT2D eigenvalue weighted by Gasteiger charge is -2.53. The third kappa shape index (κ3) is 3.82. The molecule has 7 nitrogen and oxygen atoms in total. The van der Waals surface area contributed by atoms with Gasteiger partial charge < -0.3 is 14.6 Å². The Morgan fingerprint density at radius 2 is 1.84 bits per heavy atom. The van der Waals surface area contributed by atoms with Gasteiger partial charge in [0.1, 0.15) is 0 Å². The Bertz CT molecular complexity index is 1270. The zero-order valence-electron chi connectivity index (χ0n) is 21.4. The summed E-state index contributed by atoms with van der Waals surface area (Å²) in [7, 11) is 0. The van der Waals surface area contributed by atoms with E-state index in [1.165, 1.54) is 6.92 Å². The van der Waals surface area contributed by atoms with Crippen molar-refractivity contribution in [1.82, 2.24) is 0 Å². The number of esters is 2. The fourth-order valence-electron chi connectivity index (χ4n) is 7.34. The third-order valence-electron chi connectivity index (χ3n) is 9.11. The molecule has 0 radical (unpaired) electrons. The molecule has 1 aromatic carbocycles. The molecule has 1 fully saturated rings. The van der Waals surface area contributed by atoms with E-state index in [0.29, 0.717) is 24.8 Å². The molecule has 1 saturated carbocycles. The lowest BCUT2D eigenvalue weighted by Crippen LogP contribution is -2.59. The molecular formula is C30H32O7. The molecule has 5 atom stereocenters. The second kappa shape index (κ2) is 8.91. The molecule has 0 heterocycles. The van der Waals surface area contributed by atoms with Crippen molar-refractivity contribution >= 4 is 23.5 Å². The van der Waals surface area contributed by atoms with Crippen molar-refractivity contribution < 1.29 is 33.8 Å². The molecule has 1 aromatic rings. The van der Waals surface area contributed by atoms with Crippen LogP contribution in [0.1, 0.15) is 63.2 Å². The van der Waals surface area contributed by atoms with E-state index in [1.807, 2.05) is 19.9 Å². The van der Waals surface area contributed by atoms with Crippen molar-refractivity contribution in [2.24, 2.45) is 16.7 Å². The molecule has 5 rings (SSSR count). The number of Topliss-reactive ketones (excluding diaryl/α,β-unsaturated/α-hetero) is 1. The fourth-order valence-corrected chi connectivity index (χ4v) is 7.34. The normalized spacial score (nSPS) is 34.2. The number of fused-ring (bicyclic) bond motifs is 4. The summed E-state index contributed by atoms with van der Waals surface area (Å²) in [5.74, 6) is -1.85. The van der Waals surface area contributed by atoms with Crippen molar-refractivity contribution in [1.29, 1.82) is 0 Å². The van der Waals surface area contributed by atoms with Gasteiger partial charge in [0.25, 0.3) is 0 Å². The molecule has 0 aliphatic heterocycles. The molecule has 7 heteroatoms. The Hall–Kier alpha value is -3.32. The maximum Gasteiger partial charge on any atom is 0.339 e. The van der Waals surface area contributed by atoms with Crippen molar-refractivity contribution in [3.05, 3.63) is 70.8 Å². The molecule has 4 aliphatic carbocycles. The molecule has 194 valence electrons. The second-order valence-electron chi connectivity index (χ2n) is 11.1. The first-order valence-electron chi connectivity index (χ1n) is 12.8. The third-order valence-corrected chi connectivity index (χ3v) is 9.11. The van der Waals surface area contributed by atoms with Gasteiger partial charge in [-0.2, -0.15) is 0 Å². The molecule has 0 amide bonds. The maximum absolute atomic E-state index is 13.8. The molecule has 0 unspecified atom stereocenters. The second-order valence-corrected chi connectivity index (χ2v) is 11.1. The number of rotatable bonds is 5. The molecule has 0 aromatic heterocycles. The highest BCUT2D eigenvalue weighted by molar-refractivity contribution is 6.01. The largest absolute Gasteiger partial charge is 0.458 e. The van der Waals surface area contributed by atoms with E-state index in [-0.39, 0.29) is 24.5 Å². The summed E-state index contributed by atoms with van der Waals surface area (Å²) in [6, 6.07) is 8.49. The Morgan fingerprint density at radius 3 is 2.54 bits per heavy atom. The number of ketones is 2. The minimum Gasteiger partial charge on any atom is -0.458 e. The zero-order valence-corrected chi connectivity index (χ0v) is 21.4. The van der Waals surface area contributed by atoms with Crippen LogP contribution in [0.3, 0.4) is 0 Å². The molecule has 37 heavy (non-hydrogen) atoms. The number of carbonyl (C=O) groups is 4. The molecule has 4 aliphatic rings. The highest BCUT2D eigenvalue weighted by Crippen LogP contribution is 2.65. The average molecular weight is 505 g/mol. The zero-order chi connectivity index (χ0) is 26.6. The van der Waals surface area contributed by atoms with Gasteiger partial charge in [-0.15, -0.1) is 0 Å². The topological polar surface area (TPSA) is 107 Å². The average Bonchev–Trinajstić information content (AvgIpc) is 3.15. The minimum atomic E-state index is -1.56. The molecule has 1 N–H and O–H groups in total. The van der Waals surface area contributed by atoms with Crippen LogP contribution in [0, 0.1) is 16.7 Å². The van der Waals surface area contributed by atoms with Crippen LogP contribution in [0.5, 0.6) is 0 Å². The lowest BCUT2D eigenvalue weighted by molar-refractivity contribution is -0.164. The number of carbonyl (C=O) groups excluding carboxylic acids is 4. The first kappa shape index (κ1) is 25.3. The number of hydrogen-bond acceptors (Lipinski definition) is 7. The van der Waals surface area contributed by atoms with E-state index >= 15 is 0 Å². The highest BCUT2D eigenvalue weighted by atomic mass is 16.6. The fraction of sp³-hybridized carbons (Fsp3) is 0.467. The quantitative estimate of drug-likeness (QED) is 0.476.